The molecule has 2 aromatic carbocycles. The third-order valence-corrected chi connectivity index (χ3v) is 7.31. The van der Waals surface area contributed by atoms with Gasteiger partial charge in [-0.05, 0) is 59.7 Å². The van der Waals surface area contributed by atoms with Crippen molar-refractivity contribution in [2.75, 3.05) is 7.11 Å². The highest BCUT2D eigenvalue weighted by atomic mass is 32.1. The molecule has 6 nitrogen and oxygen atoms in total. The fourth-order valence-corrected chi connectivity index (χ4v) is 5.31. The Labute approximate surface area is 210 Å². The Morgan fingerprint density at radius 3 is 2.54 bits per heavy atom. The lowest BCUT2D eigenvalue weighted by Crippen LogP contribution is -2.47. The summed E-state index contributed by atoms with van der Waals surface area (Å²) in [5, 5.41) is 15.0. The predicted molar refractivity (Wildman–Crippen MR) is 137 cm³/mol. The molecular formula is C28H32N2O4S. The van der Waals surface area contributed by atoms with Gasteiger partial charge in [0.15, 0.2) is 0 Å². The van der Waals surface area contributed by atoms with Crippen LogP contribution in [-0.2, 0) is 22.6 Å². The van der Waals surface area contributed by atoms with E-state index in [2.05, 4.69) is 5.32 Å². The highest BCUT2D eigenvalue weighted by Crippen LogP contribution is 2.29. The lowest BCUT2D eigenvalue weighted by atomic mass is 9.94. The first-order valence-electron chi connectivity index (χ1n) is 12.1. The van der Waals surface area contributed by atoms with E-state index >= 15 is 0 Å². The first-order chi connectivity index (χ1) is 17.0. The number of phenols is 1. The van der Waals surface area contributed by atoms with E-state index in [1.807, 2.05) is 41.8 Å². The molecule has 4 rings (SSSR count). The summed E-state index contributed by atoms with van der Waals surface area (Å²) in [6, 6.07) is 17.3. The summed E-state index contributed by atoms with van der Waals surface area (Å²) < 4.78 is 5.38. The molecule has 35 heavy (non-hydrogen) atoms. The fraction of sp³-hybridized carbons (Fsp3) is 0.357. The van der Waals surface area contributed by atoms with Crippen molar-refractivity contribution in [3.8, 4) is 11.5 Å². The Bertz CT molecular complexity index is 1110. The predicted octanol–water partition coefficient (Wildman–Crippen LogP) is 5.22. The number of nitrogens with zero attached hydrogens (tertiary/aromatic N) is 1. The number of hydrogen-bond acceptors (Lipinski definition) is 5. The minimum atomic E-state index is -0.823. The van der Waals surface area contributed by atoms with Gasteiger partial charge in [-0.2, -0.15) is 0 Å². The number of hydrogen-bond donors (Lipinski definition) is 2. The quantitative estimate of drug-likeness (QED) is 0.429. The van der Waals surface area contributed by atoms with Gasteiger partial charge in [0.25, 0.3) is 0 Å². The number of phenolic OH excluding ortho intramolecular Hbond substituents is 1. The number of amides is 2. The summed E-state index contributed by atoms with van der Waals surface area (Å²) in [6.07, 6.45) is 5.50. The highest BCUT2D eigenvalue weighted by Gasteiger charge is 2.33. The molecule has 1 aromatic heterocycles. The van der Waals surface area contributed by atoms with Gasteiger partial charge in [0.1, 0.15) is 17.5 Å². The van der Waals surface area contributed by atoms with E-state index in [9.17, 15) is 14.7 Å². The number of methoxy groups -OCH3 is 1. The maximum absolute atomic E-state index is 13.8. The van der Waals surface area contributed by atoms with Gasteiger partial charge in [0.05, 0.1) is 13.5 Å². The Hall–Kier alpha value is -3.32. The number of benzene rings is 2. The largest absolute Gasteiger partial charge is 0.508 e. The van der Waals surface area contributed by atoms with Crippen LogP contribution < -0.4 is 10.1 Å². The van der Waals surface area contributed by atoms with Gasteiger partial charge in [0.2, 0.25) is 11.8 Å². The first kappa shape index (κ1) is 24.8. The zero-order valence-corrected chi connectivity index (χ0v) is 20.8. The monoisotopic (exact) mass is 492 g/mol. The van der Waals surface area contributed by atoms with Crippen molar-refractivity contribution < 1.29 is 19.4 Å². The summed E-state index contributed by atoms with van der Waals surface area (Å²) in [4.78, 5) is 30.1. The second-order valence-corrected chi connectivity index (χ2v) is 10.00. The van der Waals surface area contributed by atoms with Gasteiger partial charge in [-0.15, -0.1) is 11.3 Å². The van der Waals surface area contributed by atoms with Gasteiger partial charge >= 0.3 is 0 Å². The molecule has 7 heteroatoms. The van der Waals surface area contributed by atoms with E-state index in [0.717, 1.165) is 36.1 Å². The van der Waals surface area contributed by atoms with Crippen molar-refractivity contribution in [1.29, 1.82) is 0 Å². The summed E-state index contributed by atoms with van der Waals surface area (Å²) in [5.41, 5.74) is 1.54. The van der Waals surface area contributed by atoms with Crippen LogP contribution >= 0.6 is 11.3 Å². The van der Waals surface area contributed by atoms with Gasteiger partial charge in [-0.1, -0.05) is 49.6 Å². The standard InChI is InChI=1S/C28H32N2O4S/c1-34-24-10-5-7-20(17-24)19-30(26(32)18-25-11-6-16-35-25)27(21-12-14-23(31)15-13-21)28(33)29-22-8-3-2-4-9-22/h5-7,10-17,22,27,31H,2-4,8-9,18-19H2,1H3,(H,29,33). The average molecular weight is 493 g/mol. The van der Waals surface area contributed by atoms with Crippen LogP contribution in [0.2, 0.25) is 0 Å². The van der Waals surface area contributed by atoms with Crippen LogP contribution in [0.1, 0.15) is 54.1 Å². The summed E-state index contributed by atoms with van der Waals surface area (Å²) in [5.74, 6) is 0.489. The summed E-state index contributed by atoms with van der Waals surface area (Å²) in [6.45, 7) is 0.255. The Balaban J connectivity index is 1.69. The van der Waals surface area contributed by atoms with E-state index in [-0.39, 0.29) is 36.6 Å². The van der Waals surface area contributed by atoms with Crippen LogP contribution in [-0.4, -0.2) is 35.0 Å². The summed E-state index contributed by atoms with van der Waals surface area (Å²) in [7, 11) is 1.61. The Morgan fingerprint density at radius 1 is 1.09 bits per heavy atom. The molecule has 3 aromatic rings. The Morgan fingerprint density at radius 2 is 1.86 bits per heavy atom. The lowest BCUT2D eigenvalue weighted by molar-refractivity contribution is -0.141. The third kappa shape index (κ3) is 6.63. The number of ether oxygens (including phenoxy) is 1. The molecule has 0 bridgehead atoms. The van der Waals surface area contributed by atoms with Crippen molar-refractivity contribution in [3.63, 3.8) is 0 Å². The second kappa shape index (κ2) is 11.9. The zero-order valence-electron chi connectivity index (χ0n) is 20.0. The third-order valence-electron chi connectivity index (χ3n) is 6.43. The van der Waals surface area contributed by atoms with Crippen LogP contribution in [0.25, 0.3) is 0 Å². The van der Waals surface area contributed by atoms with Crippen LogP contribution in [0.5, 0.6) is 11.5 Å². The molecule has 1 aliphatic rings. The number of carbonyl (C=O) groups is 2. The van der Waals surface area contributed by atoms with Crippen LogP contribution in [0, 0.1) is 0 Å². The van der Waals surface area contributed by atoms with Crippen molar-refractivity contribution in [3.05, 3.63) is 82.0 Å². The van der Waals surface area contributed by atoms with Gasteiger partial charge in [-0.3, -0.25) is 9.59 Å². The van der Waals surface area contributed by atoms with Crippen molar-refractivity contribution in [1.82, 2.24) is 10.2 Å². The smallest absolute Gasteiger partial charge is 0.247 e. The van der Waals surface area contributed by atoms with Crippen molar-refractivity contribution >= 4 is 23.2 Å². The lowest BCUT2D eigenvalue weighted by Gasteiger charge is -2.33. The molecule has 1 unspecified atom stereocenters. The molecule has 0 aliphatic heterocycles. The van der Waals surface area contributed by atoms with E-state index < -0.39 is 6.04 Å². The SMILES string of the molecule is COc1cccc(CN(C(=O)Cc2cccs2)C(C(=O)NC2CCCCC2)c2ccc(O)cc2)c1. The number of carbonyl (C=O) groups excluding carboxylic acids is 2. The molecule has 0 radical (unpaired) electrons. The molecular weight excluding hydrogens is 460 g/mol. The molecule has 1 fully saturated rings. The zero-order chi connectivity index (χ0) is 24.6. The normalized spacial score (nSPS) is 14.8. The van der Waals surface area contributed by atoms with Crippen molar-refractivity contribution in [2.24, 2.45) is 0 Å². The minimum absolute atomic E-state index is 0.113. The van der Waals surface area contributed by atoms with E-state index in [1.54, 1.807) is 36.3 Å². The Kier molecular flexibility index (Phi) is 8.42. The van der Waals surface area contributed by atoms with Crippen LogP contribution in [0.4, 0.5) is 0 Å². The molecule has 0 saturated heterocycles. The maximum Gasteiger partial charge on any atom is 0.247 e. The number of rotatable bonds is 9. The molecule has 1 heterocycles. The van der Waals surface area contributed by atoms with Crippen molar-refractivity contribution in [2.45, 2.75) is 57.2 Å². The van der Waals surface area contributed by atoms with E-state index in [4.69, 9.17) is 4.74 Å². The number of nitrogens with one attached hydrogen (secondary N) is 1. The molecule has 0 spiro atoms. The fourth-order valence-electron chi connectivity index (χ4n) is 4.61. The van der Waals surface area contributed by atoms with Gasteiger partial charge < -0.3 is 20.1 Å². The number of aromatic hydroxyl groups is 1. The molecule has 2 amide bonds. The molecule has 1 saturated carbocycles. The first-order valence-corrected chi connectivity index (χ1v) is 13.0. The maximum atomic E-state index is 13.8. The van der Waals surface area contributed by atoms with E-state index in [0.29, 0.717) is 11.3 Å². The molecule has 2 N–H and O–H groups in total. The molecule has 1 atom stereocenters. The van der Waals surface area contributed by atoms with Crippen LogP contribution in [0.3, 0.4) is 0 Å². The second-order valence-electron chi connectivity index (χ2n) is 8.97. The summed E-state index contributed by atoms with van der Waals surface area (Å²) >= 11 is 1.53. The highest BCUT2D eigenvalue weighted by molar-refractivity contribution is 7.10. The minimum Gasteiger partial charge on any atom is -0.508 e. The van der Waals surface area contributed by atoms with Gasteiger partial charge in [0, 0.05) is 17.5 Å². The molecule has 1 aliphatic carbocycles. The topological polar surface area (TPSA) is 78.9 Å². The van der Waals surface area contributed by atoms with Crippen LogP contribution in [0.15, 0.2) is 66.0 Å². The van der Waals surface area contributed by atoms with Gasteiger partial charge in [-0.25, -0.2) is 0 Å². The van der Waals surface area contributed by atoms with E-state index in [1.165, 1.54) is 17.8 Å². The average Bonchev–Trinajstić information content (AvgIpc) is 3.38. The number of thiophene rings is 1. The molecule has 184 valence electrons.